The number of amides is 3. The van der Waals surface area contributed by atoms with Crippen LogP contribution in [0.5, 0.6) is 0 Å². The van der Waals surface area contributed by atoms with Crippen molar-refractivity contribution in [3.63, 3.8) is 0 Å². The summed E-state index contributed by atoms with van der Waals surface area (Å²) < 4.78 is 39.2. The second-order valence-electron chi connectivity index (χ2n) is 8.52. The average molecular weight is 524 g/mol. The molecule has 0 aromatic heterocycles. The van der Waals surface area contributed by atoms with E-state index in [1.165, 1.54) is 12.1 Å². The second kappa shape index (κ2) is 11.6. The third kappa shape index (κ3) is 6.90. The molecule has 7 nitrogen and oxygen atoms in total. The summed E-state index contributed by atoms with van der Waals surface area (Å²) in [7, 11) is 0. The molecule has 1 atom stereocenters. The molecule has 0 spiro atoms. The number of carbonyl (C=O) groups is 2. The topological polar surface area (TPSA) is 91.0 Å². The minimum absolute atomic E-state index is 0.00477. The number of primary amides is 1. The first-order valence-electron chi connectivity index (χ1n) is 11.6. The third-order valence-electron chi connectivity index (χ3n) is 5.97. The molecule has 1 aliphatic heterocycles. The van der Waals surface area contributed by atoms with Gasteiger partial charge in [0.05, 0.1) is 16.6 Å². The normalized spacial score (nSPS) is 19.0. The van der Waals surface area contributed by atoms with Gasteiger partial charge >= 0.3 is 12.2 Å². The average Bonchev–Trinajstić information content (AvgIpc) is 2.84. The van der Waals surface area contributed by atoms with E-state index in [-0.39, 0.29) is 28.8 Å². The minimum atomic E-state index is -4.52. The van der Waals surface area contributed by atoms with Crippen LogP contribution in [0.25, 0.3) is 0 Å². The van der Waals surface area contributed by atoms with Gasteiger partial charge in [0.25, 0.3) is 0 Å². The molecule has 36 heavy (non-hydrogen) atoms. The number of hydrogen-bond acceptors (Lipinski definition) is 4. The lowest BCUT2D eigenvalue weighted by Crippen LogP contribution is -2.45. The van der Waals surface area contributed by atoms with Gasteiger partial charge < -0.3 is 16.0 Å². The molecule has 0 radical (unpaired) electrons. The highest BCUT2D eigenvalue weighted by molar-refractivity contribution is 6.25. The van der Waals surface area contributed by atoms with Gasteiger partial charge in [-0.1, -0.05) is 31.7 Å². The Balaban J connectivity index is 1.90. The predicted octanol–water partition coefficient (Wildman–Crippen LogP) is 4.94. The SMILES string of the molecule is C=C(N=C(C1=CCC(Cl)C=C1)N(C(N)=O)c1ccc(C(F)(F)F)cc1)N1CCC(NC(=O)CC)CC1. The molecule has 3 rings (SSSR count). The fraction of sp³-hybridized carbons (Fsp3) is 0.400. The Kier molecular flexibility index (Phi) is 8.84. The number of amidine groups is 1. The smallest absolute Gasteiger partial charge is 0.357 e. The lowest BCUT2D eigenvalue weighted by atomic mass is 10.0. The molecule has 1 unspecified atom stereocenters. The Hall–Kier alpha value is -3.27. The number of piperidine rings is 1. The van der Waals surface area contributed by atoms with Gasteiger partial charge in [-0.3, -0.25) is 4.79 Å². The number of hydrogen-bond donors (Lipinski definition) is 2. The summed E-state index contributed by atoms with van der Waals surface area (Å²) in [5, 5.41) is 2.75. The molecule has 1 aliphatic carbocycles. The molecule has 3 amide bonds. The van der Waals surface area contributed by atoms with Crippen molar-refractivity contribution < 1.29 is 22.8 Å². The largest absolute Gasteiger partial charge is 0.416 e. The summed E-state index contributed by atoms with van der Waals surface area (Å²) in [6, 6.07) is 3.25. The van der Waals surface area contributed by atoms with Crippen LogP contribution in [0.1, 0.15) is 38.2 Å². The van der Waals surface area contributed by atoms with Crippen molar-refractivity contribution in [1.82, 2.24) is 10.2 Å². The summed E-state index contributed by atoms with van der Waals surface area (Å²) in [4.78, 5) is 31.8. The lowest BCUT2D eigenvalue weighted by molar-refractivity contribution is -0.137. The Morgan fingerprint density at radius 1 is 1.25 bits per heavy atom. The highest BCUT2D eigenvalue weighted by atomic mass is 35.5. The number of halogens is 4. The Morgan fingerprint density at radius 2 is 1.89 bits per heavy atom. The fourth-order valence-electron chi connectivity index (χ4n) is 3.96. The maximum atomic E-state index is 13.1. The number of urea groups is 1. The zero-order chi connectivity index (χ0) is 26.5. The number of aliphatic imine (C=N–C) groups is 1. The van der Waals surface area contributed by atoms with Crippen LogP contribution < -0.4 is 16.0 Å². The number of rotatable bonds is 6. The highest BCUT2D eigenvalue weighted by Gasteiger charge is 2.31. The number of allylic oxidation sites excluding steroid dienone is 2. The molecular formula is C25H29ClF3N5O2. The Bertz CT molecular complexity index is 1070. The Morgan fingerprint density at radius 3 is 2.39 bits per heavy atom. The number of anilines is 1. The number of carbonyl (C=O) groups excluding carboxylic acids is 2. The summed E-state index contributed by atoms with van der Waals surface area (Å²) in [5.41, 5.74) is 5.50. The van der Waals surface area contributed by atoms with Crippen LogP contribution >= 0.6 is 11.6 Å². The first-order chi connectivity index (χ1) is 17.0. The van der Waals surface area contributed by atoms with Crippen molar-refractivity contribution in [1.29, 1.82) is 0 Å². The number of likely N-dealkylation sites (tertiary alicyclic amines) is 1. The van der Waals surface area contributed by atoms with Crippen molar-refractivity contribution in [2.24, 2.45) is 10.7 Å². The molecule has 2 aliphatic rings. The summed E-state index contributed by atoms with van der Waals surface area (Å²) in [5.74, 6) is 0.494. The minimum Gasteiger partial charge on any atom is -0.357 e. The van der Waals surface area contributed by atoms with Gasteiger partial charge in [0.15, 0.2) is 5.84 Å². The number of alkyl halides is 4. The van der Waals surface area contributed by atoms with E-state index in [0.29, 0.717) is 50.2 Å². The van der Waals surface area contributed by atoms with Crippen LogP contribution in [0.15, 0.2) is 65.5 Å². The molecule has 1 fully saturated rings. The molecule has 194 valence electrons. The standard InChI is InChI=1S/C25H29ClF3N5O2/c1-3-22(35)32-20-12-14-33(15-13-20)16(2)31-23(17-4-8-19(26)9-5-17)34(24(30)36)21-10-6-18(7-11-21)25(27,28)29/h4-8,10-11,19-20H,2-3,9,12-15H2,1H3,(H2,30,36)(H,32,35). The number of nitrogens with zero attached hydrogens (tertiary/aromatic N) is 3. The number of benzene rings is 1. The van der Waals surface area contributed by atoms with Crippen LogP contribution in [-0.2, 0) is 11.0 Å². The van der Waals surface area contributed by atoms with E-state index in [0.717, 1.165) is 17.0 Å². The van der Waals surface area contributed by atoms with E-state index in [4.69, 9.17) is 17.3 Å². The van der Waals surface area contributed by atoms with Gasteiger partial charge in [-0.2, -0.15) is 13.2 Å². The highest BCUT2D eigenvalue weighted by Crippen LogP contribution is 2.31. The van der Waals surface area contributed by atoms with Crippen molar-refractivity contribution in [3.05, 3.63) is 66.0 Å². The first kappa shape index (κ1) is 27.3. The third-order valence-corrected chi connectivity index (χ3v) is 6.30. The second-order valence-corrected chi connectivity index (χ2v) is 9.08. The molecule has 1 heterocycles. The van der Waals surface area contributed by atoms with Gasteiger partial charge in [0.2, 0.25) is 5.91 Å². The number of nitrogens with one attached hydrogen (secondary N) is 1. The maximum Gasteiger partial charge on any atom is 0.416 e. The molecule has 1 aromatic carbocycles. The molecule has 0 saturated carbocycles. The fourth-order valence-corrected chi connectivity index (χ4v) is 4.12. The van der Waals surface area contributed by atoms with Crippen molar-refractivity contribution >= 4 is 35.1 Å². The van der Waals surface area contributed by atoms with E-state index >= 15 is 0 Å². The van der Waals surface area contributed by atoms with Gasteiger partial charge in [0, 0.05) is 31.1 Å². The first-order valence-corrected chi connectivity index (χ1v) is 12.0. The zero-order valence-electron chi connectivity index (χ0n) is 19.9. The summed E-state index contributed by atoms with van der Waals surface area (Å²) >= 11 is 6.15. The number of nitrogens with two attached hydrogens (primary N) is 1. The van der Waals surface area contributed by atoms with E-state index in [1.807, 2.05) is 4.90 Å². The van der Waals surface area contributed by atoms with Gasteiger partial charge in [0.1, 0.15) is 5.82 Å². The molecule has 0 bridgehead atoms. The monoisotopic (exact) mass is 523 g/mol. The van der Waals surface area contributed by atoms with Crippen molar-refractivity contribution in [2.45, 2.75) is 50.2 Å². The van der Waals surface area contributed by atoms with Gasteiger partial charge in [-0.15, -0.1) is 11.6 Å². The Labute approximate surface area is 213 Å². The van der Waals surface area contributed by atoms with Crippen molar-refractivity contribution in [3.8, 4) is 0 Å². The van der Waals surface area contributed by atoms with Gasteiger partial charge in [-0.05, 0) is 43.5 Å². The van der Waals surface area contributed by atoms with Crippen LogP contribution in [0.4, 0.5) is 23.7 Å². The van der Waals surface area contributed by atoms with Crippen LogP contribution in [0.2, 0.25) is 0 Å². The predicted molar refractivity (Wildman–Crippen MR) is 135 cm³/mol. The summed E-state index contributed by atoms with van der Waals surface area (Å²) in [6.07, 6.45) is 2.99. The van der Waals surface area contributed by atoms with Gasteiger partial charge in [-0.25, -0.2) is 14.7 Å². The molecule has 1 saturated heterocycles. The van der Waals surface area contributed by atoms with Crippen LogP contribution in [0, 0.1) is 0 Å². The lowest BCUT2D eigenvalue weighted by Gasteiger charge is -2.34. The molecule has 3 N–H and O–H groups in total. The van der Waals surface area contributed by atoms with E-state index in [1.54, 1.807) is 25.2 Å². The maximum absolute atomic E-state index is 13.1. The van der Waals surface area contributed by atoms with Crippen LogP contribution in [-0.4, -0.2) is 47.2 Å². The van der Waals surface area contributed by atoms with Crippen LogP contribution in [0.3, 0.4) is 0 Å². The van der Waals surface area contributed by atoms with Crippen molar-refractivity contribution in [2.75, 3.05) is 18.0 Å². The summed E-state index contributed by atoms with van der Waals surface area (Å²) in [6.45, 7) is 7.02. The quantitative estimate of drug-likeness (QED) is 0.314. The van der Waals surface area contributed by atoms with E-state index in [9.17, 15) is 22.8 Å². The molecule has 11 heteroatoms. The zero-order valence-corrected chi connectivity index (χ0v) is 20.6. The van der Waals surface area contributed by atoms with E-state index < -0.39 is 17.8 Å². The molecular weight excluding hydrogens is 495 g/mol. The van der Waals surface area contributed by atoms with E-state index in [2.05, 4.69) is 16.9 Å². The molecule has 1 aromatic rings.